The number of aliphatic hydroxyl groups excluding tert-OH is 1. The molecule has 0 unspecified atom stereocenters. The summed E-state index contributed by atoms with van der Waals surface area (Å²) in [6.07, 6.45) is -0.294. The van der Waals surface area contributed by atoms with Crippen molar-refractivity contribution in [3.05, 3.63) is 87.9 Å². The highest BCUT2D eigenvalue weighted by Gasteiger charge is 2.66. The van der Waals surface area contributed by atoms with Crippen molar-refractivity contribution < 1.29 is 28.3 Å². The van der Waals surface area contributed by atoms with E-state index in [0.717, 1.165) is 10.0 Å². The Hall–Kier alpha value is -3.05. The van der Waals surface area contributed by atoms with Crippen LogP contribution in [0.15, 0.2) is 71.2 Å². The van der Waals surface area contributed by atoms with Gasteiger partial charge in [0, 0.05) is 39.4 Å². The van der Waals surface area contributed by atoms with E-state index in [1.807, 2.05) is 43.3 Å². The quantitative estimate of drug-likeness (QED) is 0.219. The van der Waals surface area contributed by atoms with Crippen LogP contribution in [0.3, 0.4) is 0 Å². The molecule has 2 amide bonds. The first-order valence-electron chi connectivity index (χ1n) is 13.6. The maximum absolute atomic E-state index is 15.7. The van der Waals surface area contributed by atoms with Crippen molar-refractivity contribution in [2.75, 3.05) is 23.9 Å². The summed E-state index contributed by atoms with van der Waals surface area (Å²) < 4.78 is 28.2. The molecule has 2 N–H and O–H groups in total. The number of nitrogens with one attached hydrogen (secondary N) is 1. The topological polar surface area (TPSA) is 88.1 Å². The van der Waals surface area contributed by atoms with Crippen molar-refractivity contribution in [2.24, 2.45) is 5.92 Å². The fourth-order valence-corrected chi connectivity index (χ4v) is 9.35. The van der Waals surface area contributed by atoms with Crippen LogP contribution in [0.1, 0.15) is 34.8 Å². The molecule has 1 saturated heterocycles. The van der Waals surface area contributed by atoms with Crippen LogP contribution in [0, 0.1) is 5.92 Å². The molecule has 2 aliphatic heterocycles. The van der Waals surface area contributed by atoms with Gasteiger partial charge in [0.25, 0.3) is 11.8 Å². The zero-order chi connectivity index (χ0) is 29.5. The van der Waals surface area contributed by atoms with Crippen LogP contribution in [0.25, 0.3) is 0 Å². The lowest BCUT2D eigenvalue weighted by Gasteiger charge is -2.31. The van der Waals surface area contributed by atoms with Crippen molar-refractivity contribution in [2.45, 2.75) is 50.2 Å². The number of nitrogens with zero attached hydrogens (tertiary/aromatic N) is 1. The number of halogens is 2. The number of rotatable bonds is 8. The summed E-state index contributed by atoms with van der Waals surface area (Å²) in [5.41, 5.74) is 1.51. The Morgan fingerprint density at radius 3 is 2.56 bits per heavy atom. The van der Waals surface area contributed by atoms with Gasteiger partial charge >= 0.3 is 0 Å². The Labute approximate surface area is 249 Å². The van der Waals surface area contributed by atoms with Gasteiger partial charge in [-0.15, -0.1) is 0 Å². The van der Waals surface area contributed by atoms with Crippen LogP contribution in [0.2, 0.25) is 18.6 Å². The minimum absolute atomic E-state index is 0.146. The zero-order valence-corrected chi connectivity index (χ0v) is 26.1. The van der Waals surface area contributed by atoms with Gasteiger partial charge in [-0.1, -0.05) is 35.0 Å². The van der Waals surface area contributed by atoms with Gasteiger partial charge in [-0.2, -0.15) is 0 Å². The summed E-state index contributed by atoms with van der Waals surface area (Å²) in [7, 11) is -1.70. The number of amides is 2. The fraction of sp³-hybridized carbons (Fsp3) is 0.355. The second-order valence-electron chi connectivity index (χ2n) is 11.2. The predicted octanol–water partition coefficient (Wildman–Crippen LogP) is 6.41. The van der Waals surface area contributed by atoms with Gasteiger partial charge in [0.1, 0.15) is 5.75 Å². The summed E-state index contributed by atoms with van der Waals surface area (Å²) >= 11 is 3.54. The predicted molar refractivity (Wildman–Crippen MR) is 162 cm³/mol. The number of fused-ring (bicyclic) bond motifs is 2. The Morgan fingerprint density at radius 2 is 1.90 bits per heavy atom. The maximum Gasteiger partial charge on any atom is 0.264 e. The molecule has 0 bridgehead atoms. The Balaban J connectivity index is 1.45. The highest BCUT2D eigenvalue weighted by atomic mass is 79.9. The van der Waals surface area contributed by atoms with Crippen LogP contribution < -0.4 is 15.0 Å². The monoisotopic (exact) mass is 640 g/mol. The number of anilines is 2. The number of hydrogen-bond acceptors (Lipinski definition) is 5. The first kappa shape index (κ1) is 29.4. The molecule has 0 aromatic heterocycles. The third-order valence-corrected chi connectivity index (χ3v) is 11.2. The zero-order valence-electron chi connectivity index (χ0n) is 23.5. The molecular formula is C31H34BrFN2O5Si. The van der Waals surface area contributed by atoms with E-state index in [0.29, 0.717) is 28.3 Å². The van der Waals surface area contributed by atoms with Gasteiger partial charge in [-0.3, -0.25) is 9.59 Å². The van der Waals surface area contributed by atoms with E-state index in [1.165, 1.54) is 0 Å². The molecular weight excluding hydrogens is 607 g/mol. The van der Waals surface area contributed by atoms with E-state index < -0.39 is 31.6 Å². The van der Waals surface area contributed by atoms with Crippen molar-refractivity contribution in [3.63, 3.8) is 0 Å². The number of hydrogen-bond donors (Lipinski definition) is 2. The summed E-state index contributed by atoms with van der Waals surface area (Å²) in [5, 5.41) is 12.7. The molecule has 0 radical (unpaired) electrons. The molecule has 10 heteroatoms. The molecule has 216 valence electrons. The minimum Gasteiger partial charge on any atom is -0.497 e. The number of aliphatic hydroxyl groups is 1. The molecule has 3 aromatic rings. The summed E-state index contributed by atoms with van der Waals surface area (Å²) in [5.74, 6) is -0.264. The van der Waals surface area contributed by atoms with Crippen molar-refractivity contribution >= 4 is 47.5 Å². The molecule has 41 heavy (non-hydrogen) atoms. The molecule has 7 nitrogen and oxygen atoms in total. The third-order valence-electron chi connectivity index (χ3n) is 8.21. The largest absolute Gasteiger partial charge is 0.497 e. The second kappa shape index (κ2) is 11.3. The molecule has 5 rings (SSSR count). The lowest BCUT2D eigenvalue weighted by atomic mass is 9.82. The van der Waals surface area contributed by atoms with Gasteiger partial charge in [-0.25, -0.2) is 0 Å². The molecule has 0 aliphatic carbocycles. The average molecular weight is 642 g/mol. The van der Waals surface area contributed by atoms with E-state index in [9.17, 15) is 14.7 Å². The lowest BCUT2D eigenvalue weighted by Crippen LogP contribution is -2.45. The maximum atomic E-state index is 15.7. The van der Waals surface area contributed by atoms with Gasteiger partial charge in [0.2, 0.25) is 8.41 Å². The van der Waals surface area contributed by atoms with E-state index >= 15 is 4.11 Å². The fourth-order valence-electron chi connectivity index (χ4n) is 6.45. The lowest BCUT2D eigenvalue weighted by molar-refractivity contribution is -0.146. The second-order valence-corrected chi connectivity index (χ2v) is 15.9. The summed E-state index contributed by atoms with van der Waals surface area (Å²) in [6.45, 7) is 5.28. The molecule has 0 saturated carbocycles. The Morgan fingerprint density at radius 1 is 1.17 bits per heavy atom. The third kappa shape index (κ3) is 5.34. The number of carbonyl (C=O) groups is 2. The molecule has 2 aliphatic rings. The van der Waals surface area contributed by atoms with Crippen LogP contribution in [0.4, 0.5) is 15.5 Å². The number of carbonyl (C=O) groups excluding carboxylic acids is 2. The van der Waals surface area contributed by atoms with E-state index in [2.05, 4.69) is 21.2 Å². The van der Waals surface area contributed by atoms with E-state index in [4.69, 9.17) is 9.47 Å². The first-order chi connectivity index (χ1) is 19.5. The van der Waals surface area contributed by atoms with Crippen LogP contribution >= 0.6 is 15.9 Å². The minimum atomic E-state index is -3.26. The first-order valence-corrected chi connectivity index (χ1v) is 17.4. The molecule has 3 aromatic carbocycles. The van der Waals surface area contributed by atoms with Crippen molar-refractivity contribution in [1.82, 2.24) is 0 Å². The Kier molecular flexibility index (Phi) is 8.13. The van der Waals surface area contributed by atoms with Gasteiger partial charge in [0.05, 0.1) is 25.4 Å². The number of benzene rings is 3. The van der Waals surface area contributed by atoms with Crippen LogP contribution in [-0.2, 0) is 21.7 Å². The molecule has 4 atom stereocenters. The van der Waals surface area contributed by atoms with Gasteiger partial charge in [0.15, 0.2) is 5.60 Å². The molecule has 2 heterocycles. The van der Waals surface area contributed by atoms with Crippen LogP contribution in [0.5, 0.6) is 5.75 Å². The summed E-state index contributed by atoms with van der Waals surface area (Å²) in [4.78, 5) is 28.9. The Bertz CT molecular complexity index is 1460. The van der Waals surface area contributed by atoms with E-state index in [-0.39, 0.29) is 31.4 Å². The SMILES string of the molecule is COc1ccc(C(=O)Nc2cccc(CN3C(=O)[C@@]4(O[C@@H](CCO)[C@H]([Si](C)(C)F)[C@H]4C)c4cc(Br)ccc43)c2)cc1. The molecule has 1 fully saturated rings. The van der Waals surface area contributed by atoms with Gasteiger partial charge in [-0.05, 0) is 79.7 Å². The normalized spacial score (nSPS) is 23.6. The van der Waals surface area contributed by atoms with Crippen LogP contribution in [-0.4, -0.2) is 45.1 Å². The summed E-state index contributed by atoms with van der Waals surface area (Å²) in [6, 6.07) is 19.8. The van der Waals surface area contributed by atoms with Crippen molar-refractivity contribution in [3.8, 4) is 5.75 Å². The van der Waals surface area contributed by atoms with E-state index in [1.54, 1.807) is 55.4 Å². The highest BCUT2D eigenvalue weighted by molar-refractivity contribution is 9.10. The standard InChI is InChI=1S/C31H34BrFN2O5Si/c1-19-28(41(3,4)33)27(14-15-36)40-31(19)25-17-22(32)10-13-26(25)35(30(31)38)18-20-6-5-7-23(16-20)34-29(37)21-8-11-24(39-2)12-9-21/h5-13,16-17,19,27-28,36H,14-15,18H2,1-4H3,(H,34,37)/t19-,27+,28-,31+/m1/s1. The van der Waals surface area contributed by atoms with Crippen molar-refractivity contribution in [1.29, 1.82) is 0 Å². The average Bonchev–Trinajstić information content (AvgIpc) is 3.35. The van der Waals surface area contributed by atoms with Gasteiger partial charge < -0.3 is 28.9 Å². The highest BCUT2D eigenvalue weighted by Crippen LogP contribution is 2.60. The number of ether oxygens (including phenoxy) is 2. The number of methoxy groups -OCH3 is 1. The molecule has 1 spiro atoms. The smallest absolute Gasteiger partial charge is 0.264 e.